The van der Waals surface area contributed by atoms with E-state index in [0.717, 1.165) is 35.1 Å². The fraction of sp³-hybridized carbons (Fsp3) is 0.167. The van der Waals surface area contributed by atoms with Gasteiger partial charge in [-0.3, -0.25) is 0 Å². The number of thiophene rings is 1. The van der Waals surface area contributed by atoms with E-state index >= 15 is 0 Å². The summed E-state index contributed by atoms with van der Waals surface area (Å²) in [6.07, 6.45) is 0. The third-order valence-corrected chi connectivity index (χ3v) is 4.54. The summed E-state index contributed by atoms with van der Waals surface area (Å²) in [6.45, 7) is 1.31. The van der Waals surface area contributed by atoms with Gasteiger partial charge in [0.15, 0.2) is 11.5 Å². The predicted octanol–water partition coefficient (Wildman–Crippen LogP) is 3.37. The third kappa shape index (κ3) is 3.32. The first-order valence-electron chi connectivity index (χ1n) is 7.95. The van der Waals surface area contributed by atoms with Gasteiger partial charge in [-0.25, -0.2) is 0 Å². The fourth-order valence-electron chi connectivity index (χ4n) is 2.49. The summed E-state index contributed by atoms with van der Waals surface area (Å²) in [6, 6.07) is 15.7. The maximum atomic E-state index is 5.75. The minimum atomic E-state index is 0.583. The van der Waals surface area contributed by atoms with Crippen LogP contribution in [0.5, 0.6) is 5.75 Å². The van der Waals surface area contributed by atoms with Crippen LogP contribution in [0.1, 0.15) is 0 Å². The highest BCUT2D eigenvalue weighted by molar-refractivity contribution is 7.08. The molecule has 0 saturated heterocycles. The second kappa shape index (κ2) is 6.90. The standard InChI is InChI=1S/C18H17N5OS/c1-22(10-11-24-15-5-3-2-4-6-15)17-8-7-16-19-20-18(23(16)21-17)14-9-12-25-13-14/h2-9,12-13H,10-11H2,1H3. The molecule has 3 heterocycles. The van der Waals surface area contributed by atoms with E-state index in [9.17, 15) is 0 Å². The maximum Gasteiger partial charge on any atom is 0.186 e. The number of likely N-dealkylation sites (N-methyl/N-ethyl adjacent to an activating group) is 1. The topological polar surface area (TPSA) is 55.5 Å². The molecule has 0 radical (unpaired) electrons. The number of aromatic nitrogens is 4. The summed E-state index contributed by atoms with van der Waals surface area (Å²) in [5, 5.41) is 17.2. The third-order valence-electron chi connectivity index (χ3n) is 3.86. The molecular weight excluding hydrogens is 334 g/mol. The van der Waals surface area contributed by atoms with Crippen molar-refractivity contribution < 1.29 is 4.74 Å². The second-order valence-corrected chi connectivity index (χ2v) is 6.36. The second-order valence-electron chi connectivity index (χ2n) is 5.58. The summed E-state index contributed by atoms with van der Waals surface area (Å²) in [5.41, 5.74) is 1.76. The number of fused-ring (bicyclic) bond motifs is 1. The molecule has 3 aromatic heterocycles. The Morgan fingerprint density at radius 3 is 2.76 bits per heavy atom. The van der Waals surface area contributed by atoms with E-state index in [1.807, 2.05) is 66.3 Å². The lowest BCUT2D eigenvalue weighted by atomic mass is 10.3. The lowest BCUT2D eigenvalue weighted by molar-refractivity contribution is 0.325. The number of para-hydroxylation sites is 1. The minimum Gasteiger partial charge on any atom is -0.492 e. The quantitative estimate of drug-likeness (QED) is 0.533. The van der Waals surface area contributed by atoms with Gasteiger partial charge in [0.05, 0.1) is 6.54 Å². The first kappa shape index (κ1) is 15.6. The molecule has 0 N–H and O–H groups in total. The zero-order chi connectivity index (χ0) is 17.1. The molecule has 4 rings (SSSR count). The van der Waals surface area contributed by atoms with Gasteiger partial charge >= 0.3 is 0 Å². The van der Waals surface area contributed by atoms with Gasteiger partial charge < -0.3 is 9.64 Å². The van der Waals surface area contributed by atoms with E-state index in [1.54, 1.807) is 15.9 Å². The van der Waals surface area contributed by atoms with Crippen LogP contribution in [-0.2, 0) is 0 Å². The van der Waals surface area contributed by atoms with Crippen molar-refractivity contribution in [2.75, 3.05) is 25.1 Å². The molecule has 0 spiro atoms. The SMILES string of the molecule is CN(CCOc1ccccc1)c1ccc2nnc(-c3ccsc3)n2n1. The summed E-state index contributed by atoms with van der Waals surface area (Å²) in [4.78, 5) is 2.06. The Bertz CT molecular complexity index is 952. The number of anilines is 1. The van der Waals surface area contributed by atoms with Crippen LogP contribution in [-0.4, -0.2) is 40.0 Å². The van der Waals surface area contributed by atoms with Gasteiger partial charge in [0.2, 0.25) is 0 Å². The Morgan fingerprint density at radius 1 is 1.08 bits per heavy atom. The normalized spacial score (nSPS) is 10.9. The Morgan fingerprint density at radius 2 is 1.96 bits per heavy atom. The first-order valence-corrected chi connectivity index (χ1v) is 8.89. The maximum absolute atomic E-state index is 5.75. The molecule has 0 fully saturated rings. The van der Waals surface area contributed by atoms with E-state index in [-0.39, 0.29) is 0 Å². The molecule has 0 atom stereocenters. The molecule has 25 heavy (non-hydrogen) atoms. The van der Waals surface area contributed by atoms with E-state index in [4.69, 9.17) is 4.74 Å². The van der Waals surface area contributed by atoms with Crippen LogP contribution in [0.15, 0.2) is 59.3 Å². The smallest absolute Gasteiger partial charge is 0.186 e. The van der Waals surface area contributed by atoms with Gasteiger partial charge in [-0.1, -0.05) is 18.2 Å². The van der Waals surface area contributed by atoms with E-state index in [2.05, 4.69) is 20.2 Å². The summed E-state index contributed by atoms with van der Waals surface area (Å²) in [5.74, 6) is 2.48. The molecule has 1 aromatic carbocycles. The Kier molecular flexibility index (Phi) is 4.30. The van der Waals surface area contributed by atoms with Crippen LogP contribution >= 0.6 is 11.3 Å². The average molecular weight is 351 g/mol. The van der Waals surface area contributed by atoms with Crippen molar-refractivity contribution in [1.29, 1.82) is 0 Å². The fourth-order valence-corrected chi connectivity index (χ4v) is 3.12. The highest BCUT2D eigenvalue weighted by Gasteiger charge is 2.12. The molecule has 4 aromatic rings. The molecule has 0 aliphatic rings. The Labute approximate surface area is 149 Å². The van der Waals surface area contributed by atoms with Gasteiger partial charge in [-0.2, -0.15) is 15.9 Å². The zero-order valence-corrected chi connectivity index (χ0v) is 14.6. The van der Waals surface area contributed by atoms with Crippen molar-refractivity contribution in [3.8, 4) is 17.1 Å². The number of benzene rings is 1. The Balaban J connectivity index is 1.49. The van der Waals surface area contributed by atoms with Gasteiger partial charge in [-0.15, -0.1) is 15.3 Å². The number of rotatable bonds is 6. The molecule has 0 amide bonds. The van der Waals surface area contributed by atoms with E-state index < -0.39 is 0 Å². The van der Waals surface area contributed by atoms with E-state index in [0.29, 0.717) is 6.61 Å². The van der Waals surface area contributed by atoms with E-state index in [1.165, 1.54) is 0 Å². The van der Waals surface area contributed by atoms with Crippen molar-refractivity contribution in [1.82, 2.24) is 19.8 Å². The monoisotopic (exact) mass is 351 g/mol. The molecule has 6 nitrogen and oxygen atoms in total. The van der Waals surface area contributed by atoms with Crippen LogP contribution in [0.2, 0.25) is 0 Å². The number of nitrogens with zero attached hydrogens (tertiary/aromatic N) is 5. The molecule has 0 saturated carbocycles. The highest BCUT2D eigenvalue weighted by atomic mass is 32.1. The van der Waals surface area contributed by atoms with Crippen LogP contribution < -0.4 is 9.64 Å². The average Bonchev–Trinajstić information content (AvgIpc) is 3.31. The molecular formula is C18H17N5OS. The van der Waals surface area contributed by atoms with Crippen molar-refractivity contribution in [2.24, 2.45) is 0 Å². The molecule has 7 heteroatoms. The molecule has 0 aliphatic heterocycles. The largest absolute Gasteiger partial charge is 0.492 e. The number of hydrogen-bond donors (Lipinski definition) is 0. The van der Waals surface area contributed by atoms with Crippen molar-refractivity contribution in [3.63, 3.8) is 0 Å². The van der Waals surface area contributed by atoms with Crippen LogP contribution in [0.4, 0.5) is 5.82 Å². The van der Waals surface area contributed by atoms with Crippen molar-refractivity contribution in [3.05, 3.63) is 59.3 Å². The molecule has 0 aliphatic carbocycles. The lowest BCUT2D eigenvalue weighted by Gasteiger charge is -2.18. The van der Waals surface area contributed by atoms with Gasteiger partial charge in [-0.05, 0) is 35.7 Å². The molecule has 0 unspecified atom stereocenters. The molecule has 126 valence electrons. The van der Waals surface area contributed by atoms with Crippen LogP contribution in [0.3, 0.4) is 0 Å². The van der Waals surface area contributed by atoms with Gasteiger partial charge in [0, 0.05) is 18.0 Å². The van der Waals surface area contributed by atoms with Gasteiger partial charge in [0.1, 0.15) is 18.2 Å². The van der Waals surface area contributed by atoms with Gasteiger partial charge in [0.25, 0.3) is 0 Å². The molecule has 0 bridgehead atoms. The van der Waals surface area contributed by atoms with Crippen molar-refractivity contribution >= 4 is 22.8 Å². The summed E-state index contributed by atoms with van der Waals surface area (Å²) < 4.78 is 7.54. The van der Waals surface area contributed by atoms with Crippen molar-refractivity contribution in [2.45, 2.75) is 0 Å². The Hall–Kier alpha value is -2.93. The van der Waals surface area contributed by atoms with Crippen LogP contribution in [0, 0.1) is 0 Å². The predicted molar refractivity (Wildman–Crippen MR) is 99.3 cm³/mol. The highest BCUT2D eigenvalue weighted by Crippen LogP contribution is 2.21. The summed E-state index contributed by atoms with van der Waals surface area (Å²) >= 11 is 1.63. The zero-order valence-electron chi connectivity index (χ0n) is 13.7. The number of ether oxygens (including phenoxy) is 1. The lowest BCUT2D eigenvalue weighted by Crippen LogP contribution is -2.25. The number of hydrogen-bond acceptors (Lipinski definition) is 6. The summed E-state index contributed by atoms with van der Waals surface area (Å²) in [7, 11) is 2.00. The first-order chi connectivity index (χ1) is 12.3. The minimum absolute atomic E-state index is 0.583. The van der Waals surface area contributed by atoms with Crippen LogP contribution in [0.25, 0.3) is 17.0 Å².